The molecule has 1 atom stereocenters. The average molecular weight is 418 g/mol. The summed E-state index contributed by atoms with van der Waals surface area (Å²) >= 11 is 4.59. The topological polar surface area (TPSA) is 55.2 Å². The molecule has 3 aromatic rings. The fourth-order valence-corrected chi connectivity index (χ4v) is 5.83. The molecule has 0 fully saturated rings. The Balaban J connectivity index is 1.56. The summed E-state index contributed by atoms with van der Waals surface area (Å²) in [7, 11) is 1.71. The number of thiophene rings is 1. The molecule has 0 N–H and O–H groups in total. The second kappa shape index (κ2) is 7.69. The van der Waals surface area contributed by atoms with Crippen LogP contribution < -0.4 is 10.5 Å². The number of anilines is 1. The number of thioether (sulfide) groups is 2. The van der Waals surface area contributed by atoms with Crippen LogP contribution in [0.25, 0.3) is 10.2 Å². The SMILES string of the molecule is CC1CCN(C(=O)CSc2nc3sccc3c(=O)n2C)c2ccccc2S1. The number of rotatable bonds is 3. The van der Waals surface area contributed by atoms with E-state index < -0.39 is 0 Å². The van der Waals surface area contributed by atoms with E-state index in [0.717, 1.165) is 21.8 Å². The number of amides is 1. The Kier molecular flexibility index (Phi) is 5.29. The van der Waals surface area contributed by atoms with Crippen molar-refractivity contribution in [3.63, 3.8) is 0 Å². The van der Waals surface area contributed by atoms with E-state index in [-0.39, 0.29) is 17.2 Å². The van der Waals surface area contributed by atoms with Gasteiger partial charge in [0, 0.05) is 23.7 Å². The molecule has 4 rings (SSSR count). The maximum Gasteiger partial charge on any atom is 0.262 e. The zero-order chi connectivity index (χ0) is 19.0. The summed E-state index contributed by atoms with van der Waals surface area (Å²) in [5.41, 5.74) is 0.912. The fraction of sp³-hybridized carbons (Fsp3) is 0.316. The lowest BCUT2D eigenvalue weighted by atomic mass is 10.2. The van der Waals surface area contributed by atoms with Crippen molar-refractivity contribution >= 4 is 56.7 Å². The molecular formula is C19H19N3O2S3. The van der Waals surface area contributed by atoms with Crippen molar-refractivity contribution in [3.8, 4) is 0 Å². The van der Waals surface area contributed by atoms with Crippen LogP contribution in [0.2, 0.25) is 0 Å². The monoisotopic (exact) mass is 417 g/mol. The lowest BCUT2D eigenvalue weighted by molar-refractivity contribution is -0.116. The van der Waals surface area contributed by atoms with Gasteiger partial charge in [0.15, 0.2) is 5.16 Å². The lowest BCUT2D eigenvalue weighted by Crippen LogP contribution is -2.34. The van der Waals surface area contributed by atoms with E-state index in [1.165, 1.54) is 27.7 Å². The van der Waals surface area contributed by atoms with Crippen LogP contribution in [0.5, 0.6) is 0 Å². The molecule has 1 amide bonds. The molecule has 3 heterocycles. The van der Waals surface area contributed by atoms with Gasteiger partial charge in [-0.15, -0.1) is 23.1 Å². The largest absolute Gasteiger partial charge is 0.311 e. The normalized spacial score (nSPS) is 17.0. The summed E-state index contributed by atoms with van der Waals surface area (Å²) in [4.78, 5) is 33.7. The number of benzene rings is 1. The quantitative estimate of drug-likeness (QED) is 0.476. The van der Waals surface area contributed by atoms with Crippen LogP contribution in [-0.4, -0.2) is 33.0 Å². The molecule has 5 nitrogen and oxygen atoms in total. The van der Waals surface area contributed by atoms with Crippen LogP contribution in [-0.2, 0) is 11.8 Å². The first kappa shape index (κ1) is 18.6. The van der Waals surface area contributed by atoms with Crippen LogP contribution in [0.3, 0.4) is 0 Å². The molecule has 0 radical (unpaired) electrons. The van der Waals surface area contributed by atoms with Crippen molar-refractivity contribution in [3.05, 3.63) is 46.1 Å². The van der Waals surface area contributed by atoms with Gasteiger partial charge in [0.25, 0.3) is 5.56 Å². The van der Waals surface area contributed by atoms with E-state index >= 15 is 0 Å². The molecule has 1 aliphatic heterocycles. The Morgan fingerprint density at radius 1 is 1.33 bits per heavy atom. The third-order valence-corrected chi connectivity index (χ3v) is 7.59. The molecule has 0 saturated carbocycles. The zero-order valence-corrected chi connectivity index (χ0v) is 17.5. The predicted molar refractivity (Wildman–Crippen MR) is 114 cm³/mol. The summed E-state index contributed by atoms with van der Waals surface area (Å²) in [5, 5.41) is 3.55. The average Bonchev–Trinajstić information content (AvgIpc) is 3.06. The first-order valence-electron chi connectivity index (χ1n) is 8.67. The van der Waals surface area contributed by atoms with Gasteiger partial charge < -0.3 is 4.90 Å². The highest BCUT2D eigenvalue weighted by atomic mass is 32.2. The highest BCUT2D eigenvalue weighted by molar-refractivity contribution is 8.00. The van der Waals surface area contributed by atoms with E-state index in [0.29, 0.717) is 22.3 Å². The Morgan fingerprint density at radius 2 is 2.15 bits per heavy atom. The van der Waals surface area contributed by atoms with Gasteiger partial charge in [-0.05, 0) is 30.0 Å². The van der Waals surface area contributed by atoms with E-state index in [1.807, 2.05) is 40.2 Å². The number of carbonyl (C=O) groups excluding carboxylic acids is 1. The first-order valence-corrected chi connectivity index (χ1v) is 11.4. The molecule has 0 saturated heterocycles. The highest BCUT2D eigenvalue weighted by Crippen LogP contribution is 2.37. The molecule has 8 heteroatoms. The molecule has 27 heavy (non-hydrogen) atoms. The van der Waals surface area contributed by atoms with Gasteiger partial charge >= 0.3 is 0 Å². The lowest BCUT2D eigenvalue weighted by Gasteiger charge is -2.22. The smallest absolute Gasteiger partial charge is 0.262 e. The zero-order valence-electron chi connectivity index (χ0n) is 15.0. The summed E-state index contributed by atoms with van der Waals surface area (Å²) in [6, 6.07) is 9.86. The first-order chi connectivity index (χ1) is 13.0. The molecule has 2 aromatic heterocycles. The van der Waals surface area contributed by atoms with Gasteiger partial charge in [-0.1, -0.05) is 30.8 Å². The molecule has 140 valence electrons. The summed E-state index contributed by atoms with van der Waals surface area (Å²) < 4.78 is 1.53. The van der Waals surface area contributed by atoms with Crippen LogP contribution in [0, 0.1) is 0 Å². The molecule has 0 aliphatic carbocycles. The number of aromatic nitrogens is 2. The van der Waals surface area contributed by atoms with Crippen molar-refractivity contribution < 1.29 is 4.79 Å². The van der Waals surface area contributed by atoms with Gasteiger partial charge in [-0.25, -0.2) is 4.98 Å². The number of carbonyl (C=O) groups is 1. The maximum atomic E-state index is 13.0. The van der Waals surface area contributed by atoms with Crippen molar-refractivity contribution in [2.75, 3.05) is 17.2 Å². The van der Waals surface area contributed by atoms with E-state index in [1.54, 1.807) is 13.1 Å². The molecule has 1 unspecified atom stereocenters. The summed E-state index contributed by atoms with van der Waals surface area (Å²) in [6.45, 7) is 2.90. The van der Waals surface area contributed by atoms with Crippen molar-refractivity contribution in [2.24, 2.45) is 7.05 Å². The second-order valence-corrected chi connectivity index (χ2v) is 9.73. The molecular weight excluding hydrogens is 398 g/mol. The minimum absolute atomic E-state index is 0.0441. The fourth-order valence-electron chi connectivity index (χ4n) is 3.06. The number of hydrogen-bond acceptors (Lipinski definition) is 6. The molecule has 1 aromatic carbocycles. The van der Waals surface area contributed by atoms with Gasteiger partial charge in [0.2, 0.25) is 5.91 Å². The number of para-hydroxylation sites is 1. The maximum absolute atomic E-state index is 13.0. The third kappa shape index (κ3) is 3.66. The van der Waals surface area contributed by atoms with Crippen LogP contribution in [0.1, 0.15) is 13.3 Å². The van der Waals surface area contributed by atoms with Gasteiger partial charge in [0.1, 0.15) is 4.83 Å². The molecule has 0 bridgehead atoms. The Hall–Kier alpha value is -1.77. The second-order valence-electron chi connectivity index (χ2n) is 6.42. The van der Waals surface area contributed by atoms with Crippen molar-refractivity contribution in [1.29, 1.82) is 0 Å². The summed E-state index contributed by atoms with van der Waals surface area (Å²) in [5.74, 6) is 0.299. The van der Waals surface area contributed by atoms with Gasteiger partial charge in [-0.2, -0.15) is 0 Å². The predicted octanol–water partition coefficient (Wildman–Crippen LogP) is 4.00. The number of fused-ring (bicyclic) bond motifs is 2. The Morgan fingerprint density at radius 3 is 3.00 bits per heavy atom. The van der Waals surface area contributed by atoms with E-state index in [4.69, 9.17) is 0 Å². The molecule has 0 spiro atoms. The van der Waals surface area contributed by atoms with Crippen LogP contribution in [0.15, 0.2) is 50.6 Å². The summed E-state index contributed by atoms with van der Waals surface area (Å²) in [6.07, 6.45) is 0.952. The Bertz CT molecular complexity index is 1060. The number of hydrogen-bond donors (Lipinski definition) is 0. The molecule has 1 aliphatic rings. The minimum atomic E-state index is -0.0680. The van der Waals surface area contributed by atoms with E-state index in [2.05, 4.69) is 18.0 Å². The van der Waals surface area contributed by atoms with Gasteiger partial charge in [0.05, 0.1) is 16.8 Å². The number of nitrogens with zero attached hydrogens (tertiary/aromatic N) is 3. The van der Waals surface area contributed by atoms with Crippen molar-refractivity contribution in [2.45, 2.75) is 28.6 Å². The Labute approximate surface area is 169 Å². The van der Waals surface area contributed by atoms with Gasteiger partial charge in [-0.3, -0.25) is 14.2 Å². The highest BCUT2D eigenvalue weighted by Gasteiger charge is 2.24. The van der Waals surface area contributed by atoms with Crippen LogP contribution >= 0.6 is 34.9 Å². The third-order valence-electron chi connectivity index (χ3n) is 4.53. The minimum Gasteiger partial charge on any atom is -0.311 e. The standard InChI is InChI=1S/C19H19N3O2S3/c1-12-7-9-22(14-5-3-4-6-15(14)27-12)16(23)11-26-19-20-17-13(8-10-25-17)18(24)21(19)2/h3-6,8,10,12H,7,9,11H2,1-2H3. The van der Waals surface area contributed by atoms with E-state index in [9.17, 15) is 9.59 Å². The van der Waals surface area contributed by atoms with Crippen LogP contribution in [0.4, 0.5) is 5.69 Å². The van der Waals surface area contributed by atoms with Crippen molar-refractivity contribution in [1.82, 2.24) is 9.55 Å².